The van der Waals surface area contributed by atoms with Gasteiger partial charge in [0.05, 0.1) is 11.7 Å². The van der Waals surface area contributed by atoms with Crippen LogP contribution in [-0.2, 0) is 13.1 Å². The van der Waals surface area contributed by atoms with Crippen LogP contribution >= 0.6 is 11.6 Å². The molecule has 0 bridgehead atoms. The van der Waals surface area contributed by atoms with Crippen molar-refractivity contribution < 1.29 is 14.6 Å². The fourth-order valence-corrected chi connectivity index (χ4v) is 3.82. The molecule has 1 aliphatic carbocycles. The maximum atomic E-state index is 12.9. The normalized spacial score (nSPS) is 22.4. The van der Waals surface area contributed by atoms with Crippen LogP contribution in [0.3, 0.4) is 0 Å². The molecule has 1 N–H and O–H groups in total. The molecule has 1 aromatic heterocycles. The van der Waals surface area contributed by atoms with Gasteiger partial charge in [-0.15, -0.1) is 0 Å². The zero-order valence-corrected chi connectivity index (χ0v) is 15.2. The van der Waals surface area contributed by atoms with Crippen molar-refractivity contribution in [2.24, 2.45) is 0 Å². The second kappa shape index (κ2) is 7.25. The molecule has 2 atom stereocenters. The first-order chi connectivity index (χ1) is 12.6. The number of rotatable bonds is 4. The summed E-state index contributed by atoms with van der Waals surface area (Å²) in [6.07, 6.45) is 4.62. The lowest BCUT2D eigenvalue weighted by atomic mass is 9.94. The van der Waals surface area contributed by atoms with Crippen molar-refractivity contribution >= 4 is 17.5 Å². The summed E-state index contributed by atoms with van der Waals surface area (Å²) >= 11 is 5.83. The maximum absolute atomic E-state index is 12.9. The molecule has 5 nitrogen and oxygen atoms in total. The van der Waals surface area contributed by atoms with Crippen molar-refractivity contribution in [3.8, 4) is 5.75 Å². The standard InChI is InChI=1S/C20H21ClN2O3/c21-18-9-8-13(10-22-18)11-23-12-14-4-3-7-17(19(14)20(23)25)26-16-6-2-1-5-15(16)24/h3-4,7-10,15-16,24H,1-2,5-6,11-12H2/t15-,16-/m0/s1. The first-order valence-corrected chi connectivity index (χ1v) is 9.36. The molecule has 4 rings (SSSR count). The first kappa shape index (κ1) is 17.3. The van der Waals surface area contributed by atoms with Gasteiger partial charge in [-0.25, -0.2) is 4.98 Å². The number of hydrogen-bond acceptors (Lipinski definition) is 4. The maximum Gasteiger partial charge on any atom is 0.258 e. The number of aromatic nitrogens is 1. The van der Waals surface area contributed by atoms with E-state index in [1.165, 1.54) is 0 Å². The number of ether oxygens (including phenoxy) is 1. The van der Waals surface area contributed by atoms with Crippen LogP contribution < -0.4 is 4.74 Å². The molecule has 0 radical (unpaired) electrons. The largest absolute Gasteiger partial charge is 0.487 e. The summed E-state index contributed by atoms with van der Waals surface area (Å²) in [5.41, 5.74) is 2.51. The van der Waals surface area contributed by atoms with Gasteiger partial charge in [-0.05, 0) is 42.5 Å². The Morgan fingerprint density at radius 3 is 2.85 bits per heavy atom. The van der Waals surface area contributed by atoms with Crippen molar-refractivity contribution in [2.75, 3.05) is 0 Å². The number of halogens is 1. The van der Waals surface area contributed by atoms with Crippen LogP contribution in [0.15, 0.2) is 36.5 Å². The van der Waals surface area contributed by atoms with Gasteiger partial charge in [0.15, 0.2) is 0 Å². The zero-order valence-electron chi connectivity index (χ0n) is 14.4. The Morgan fingerprint density at radius 1 is 1.23 bits per heavy atom. The lowest BCUT2D eigenvalue weighted by molar-refractivity contribution is 0.00636. The number of aliphatic hydroxyl groups excluding tert-OH is 1. The van der Waals surface area contributed by atoms with Crippen LogP contribution in [0.2, 0.25) is 5.15 Å². The molecule has 0 unspecified atom stereocenters. The Labute approximate surface area is 157 Å². The van der Waals surface area contributed by atoms with Crippen LogP contribution in [0.5, 0.6) is 5.75 Å². The fraction of sp³-hybridized carbons (Fsp3) is 0.400. The smallest absolute Gasteiger partial charge is 0.258 e. The number of nitrogens with zero attached hydrogens (tertiary/aromatic N) is 2. The van der Waals surface area contributed by atoms with Crippen molar-refractivity contribution in [1.29, 1.82) is 0 Å². The Kier molecular flexibility index (Phi) is 4.83. The lowest BCUT2D eigenvalue weighted by Crippen LogP contribution is -2.35. The van der Waals surface area contributed by atoms with Gasteiger partial charge in [0.2, 0.25) is 0 Å². The number of pyridine rings is 1. The SMILES string of the molecule is O=C1c2c(cccc2O[C@H]2CCCC[C@@H]2O)CN1Cc1ccc(Cl)nc1. The van der Waals surface area contributed by atoms with Crippen LogP contribution in [0.1, 0.15) is 47.2 Å². The molecule has 1 aliphatic heterocycles. The van der Waals surface area contributed by atoms with E-state index >= 15 is 0 Å². The van der Waals surface area contributed by atoms with Gasteiger partial charge in [-0.3, -0.25) is 4.79 Å². The van der Waals surface area contributed by atoms with Gasteiger partial charge in [0.25, 0.3) is 5.91 Å². The Hall–Kier alpha value is -2.11. The molecule has 0 saturated heterocycles. The average molecular weight is 373 g/mol. The summed E-state index contributed by atoms with van der Waals surface area (Å²) in [4.78, 5) is 18.8. The molecule has 0 spiro atoms. The molecule has 2 aromatic rings. The highest BCUT2D eigenvalue weighted by atomic mass is 35.5. The molecule has 26 heavy (non-hydrogen) atoms. The molecular formula is C20H21ClN2O3. The molecule has 2 heterocycles. The van der Waals surface area contributed by atoms with Gasteiger partial charge >= 0.3 is 0 Å². The Morgan fingerprint density at radius 2 is 2.08 bits per heavy atom. The van der Waals surface area contributed by atoms with Gasteiger partial charge < -0.3 is 14.7 Å². The highest BCUT2D eigenvalue weighted by Crippen LogP contribution is 2.34. The average Bonchev–Trinajstić information content (AvgIpc) is 2.96. The van der Waals surface area contributed by atoms with E-state index in [-0.39, 0.29) is 12.0 Å². The predicted molar refractivity (Wildman–Crippen MR) is 98.2 cm³/mol. The summed E-state index contributed by atoms with van der Waals surface area (Å²) in [6, 6.07) is 9.29. The lowest BCUT2D eigenvalue weighted by Gasteiger charge is -2.28. The number of hydrogen-bond donors (Lipinski definition) is 1. The summed E-state index contributed by atoms with van der Waals surface area (Å²) < 4.78 is 6.07. The summed E-state index contributed by atoms with van der Waals surface area (Å²) in [5, 5.41) is 10.6. The molecule has 2 aliphatic rings. The third kappa shape index (κ3) is 3.41. The Bertz CT molecular complexity index is 809. The summed E-state index contributed by atoms with van der Waals surface area (Å²) in [6.45, 7) is 1.02. The minimum absolute atomic E-state index is 0.0455. The summed E-state index contributed by atoms with van der Waals surface area (Å²) in [7, 11) is 0. The predicted octanol–water partition coefficient (Wildman–Crippen LogP) is 3.57. The molecule has 1 saturated carbocycles. The molecular weight excluding hydrogens is 352 g/mol. The van der Waals surface area contributed by atoms with Crippen molar-refractivity contribution in [1.82, 2.24) is 9.88 Å². The van der Waals surface area contributed by atoms with E-state index in [0.717, 1.165) is 36.8 Å². The van der Waals surface area contributed by atoms with E-state index in [0.29, 0.717) is 29.6 Å². The highest BCUT2D eigenvalue weighted by Gasteiger charge is 2.33. The van der Waals surface area contributed by atoms with Gasteiger partial charge in [0, 0.05) is 19.3 Å². The van der Waals surface area contributed by atoms with Crippen LogP contribution in [0, 0.1) is 0 Å². The Balaban J connectivity index is 1.53. The van der Waals surface area contributed by atoms with E-state index in [1.807, 2.05) is 24.3 Å². The minimum Gasteiger partial charge on any atom is -0.487 e. The number of carbonyl (C=O) groups excluding carboxylic acids is 1. The summed E-state index contributed by atoms with van der Waals surface area (Å²) in [5.74, 6) is 0.533. The van der Waals surface area contributed by atoms with Gasteiger partial charge in [0.1, 0.15) is 17.0 Å². The molecule has 1 aromatic carbocycles. The first-order valence-electron chi connectivity index (χ1n) is 8.98. The number of fused-ring (bicyclic) bond motifs is 1. The monoisotopic (exact) mass is 372 g/mol. The topological polar surface area (TPSA) is 62.7 Å². The van der Waals surface area contributed by atoms with Crippen molar-refractivity contribution in [3.05, 3.63) is 58.4 Å². The highest BCUT2D eigenvalue weighted by molar-refractivity contribution is 6.29. The minimum atomic E-state index is -0.465. The van der Waals surface area contributed by atoms with Crippen molar-refractivity contribution in [2.45, 2.75) is 51.0 Å². The van der Waals surface area contributed by atoms with E-state index in [4.69, 9.17) is 16.3 Å². The third-order valence-electron chi connectivity index (χ3n) is 5.08. The zero-order chi connectivity index (χ0) is 18.1. The number of amides is 1. The third-order valence-corrected chi connectivity index (χ3v) is 5.31. The number of aliphatic hydroxyl groups is 1. The molecule has 6 heteroatoms. The second-order valence-corrected chi connectivity index (χ2v) is 7.34. The van der Waals surface area contributed by atoms with Crippen molar-refractivity contribution in [3.63, 3.8) is 0 Å². The van der Waals surface area contributed by atoms with E-state index in [2.05, 4.69) is 4.98 Å². The number of benzene rings is 1. The second-order valence-electron chi connectivity index (χ2n) is 6.95. The number of carbonyl (C=O) groups is 1. The van der Waals surface area contributed by atoms with Gasteiger partial charge in [-0.2, -0.15) is 0 Å². The van der Waals surface area contributed by atoms with Crippen LogP contribution in [0.25, 0.3) is 0 Å². The van der Waals surface area contributed by atoms with E-state index in [9.17, 15) is 9.90 Å². The van der Waals surface area contributed by atoms with Crippen LogP contribution in [-0.4, -0.2) is 33.1 Å². The fourth-order valence-electron chi connectivity index (χ4n) is 3.71. The molecule has 1 amide bonds. The van der Waals surface area contributed by atoms with E-state index < -0.39 is 6.10 Å². The molecule has 1 fully saturated rings. The molecule has 136 valence electrons. The quantitative estimate of drug-likeness (QED) is 0.833. The van der Waals surface area contributed by atoms with Crippen LogP contribution in [0.4, 0.5) is 0 Å². The van der Waals surface area contributed by atoms with E-state index in [1.54, 1.807) is 17.2 Å². The van der Waals surface area contributed by atoms with Gasteiger partial charge in [-0.1, -0.05) is 36.2 Å².